The van der Waals surface area contributed by atoms with Gasteiger partial charge >= 0.3 is 5.97 Å². The van der Waals surface area contributed by atoms with E-state index in [1.165, 1.54) is 7.11 Å². The van der Waals surface area contributed by atoms with Gasteiger partial charge in [-0.1, -0.05) is 6.42 Å². The van der Waals surface area contributed by atoms with Crippen LogP contribution in [0.3, 0.4) is 0 Å². The van der Waals surface area contributed by atoms with E-state index in [0.29, 0.717) is 19.4 Å². The van der Waals surface area contributed by atoms with Crippen molar-refractivity contribution >= 4 is 27.8 Å². The molecule has 0 radical (unpaired) electrons. The average molecular weight is 336 g/mol. The number of rotatable bonds is 6. The Hall–Kier alpha value is -0.310. The van der Waals surface area contributed by atoms with Gasteiger partial charge in [0.05, 0.1) is 18.3 Å². The average Bonchev–Trinajstić information content (AvgIpc) is 2.98. The highest BCUT2D eigenvalue weighted by Crippen LogP contribution is 2.31. The maximum atomic E-state index is 12.4. The minimum atomic E-state index is -3.45. The first kappa shape index (κ1) is 17.1. The summed E-state index contributed by atoms with van der Waals surface area (Å²) in [5.74, 6) is 1.30. The van der Waals surface area contributed by atoms with Crippen molar-refractivity contribution in [1.82, 2.24) is 9.62 Å². The van der Waals surface area contributed by atoms with Crippen LogP contribution in [0.5, 0.6) is 0 Å². The summed E-state index contributed by atoms with van der Waals surface area (Å²) in [4.78, 5) is 13.9. The quantitative estimate of drug-likeness (QED) is 0.703. The highest BCUT2D eigenvalue weighted by Gasteiger charge is 2.41. The molecular formula is C13H24N2O4S2. The van der Waals surface area contributed by atoms with Crippen molar-refractivity contribution in [2.75, 3.05) is 44.8 Å². The predicted molar refractivity (Wildman–Crippen MR) is 83.8 cm³/mol. The van der Waals surface area contributed by atoms with Crippen molar-refractivity contribution in [3.63, 3.8) is 0 Å². The lowest BCUT2D eigenvalue weighted by molar-refractivity contribution is -0.145. The van der Waals surface area contributed by atoms with Crippen LogP contribution in [0.2, 0.25) is 0 Å². The van der Waals surface area contributed by atoms with Crippen molar-refractivity contribution in [1.29, 1.82) is 0 Å². The van der Waals surface area contributed by atoms with Gasteiger partial charge in [-0.15, -0.1) is 0 Å². The molecule has 0 aromatic carbocycles. The van der Waals surface area contributed by atoms with E-state index in [1.807, 2.05) is 11.8 Å². The third-order valence-corrected chi connectivity index (χ3v) is 7.10. The van der Waals surface area contributed by atoms with Crippen molar-refractivity contribution in [2.45, 2.75) is 24.5 Å². The molecule has 1 heterocycles. The summed E-state index contributed by atoms with van der Waals surface area (Å²) in [7, 11) is -2.14. The number of carbonyl (C=O) groups is 1. The van der Waals surface area contributed by atoms with E-state index >= 15 is 0 Å². The second-order valence-electron chi connectivity index (χ2n) is 5.49. The highest BCUT2D eigenvalue weighted by atomic mass is 32.2. The summed E-state index contributed by atoms with van der Waals surface area (Å²) in [6.07, 6.45) is 1.89. The Balaban J connectivity index is 1.84. The summed E-state index contributed by atoms with van der Waals surface area (Å²) < 4.78 is 32.1. The third-order valence-electron chi connectivity index (χ3n) is 4.19. The zero-order chi connectivity index (χ0) is 15.3. The van der Waals surface area contributed by atoms with Gasteiger partial charge in [-0.3, -0.25) is 4.79 Å². The summed E-state index contributed by atoms with van der Waals surface area (Å²) in [5, 5.41) is -0.637. The summed E-state index contributed by atoms with van der Waals surface area (Å²) >= 11 is 1.93. The standard InChI is InChI=1S/C13H24N2O4S2/c1-19-13(16)11-3-2-4-12(11)21(17,18)14-5-6-15-7-9-20-10-8-15/h11-12,14H,2-10H2,1H3. The lowest BCUT2D eigenvalue weighted by Crippen LogP contribution is -2.43. The predicted octanol–water partition coefficient (Wildman–Crippen LogP) is 0.296. The van der Waals surface area contributed by atoms with Crippen molar-refractivity contribution in [2.24, 2.45) is 5.92 Å². The minimum Gasteiger partial charge on any atom is -0.469 e. The Morgan fingerprint density at radius 2 is 2.05 bits per heavy atom. The third kappa shape index (κ3) is 4.58. The Kier molecular flexibility index (Phi) is 6.34. The van der Waals surface area contributed by atoms with Crippen LogP contribution in [0.4, 0.5) is 0 Å². The van der Waals surface area contributed by atoms with Crippen LogP contribution in [-0.2, 0) is 19.6 Å². The lowest BCUT2D eigenvalue weighted by atomic mass is 10.1. The van der Waals surface area contributed by atoms with E-state index in [2.05, 4.69) is 9.62 Å². The highest BCUT2D eigenvalue weighted by molar-refractivity contribution is 7.99. The second kappa shape index (κ2) is 7.80. The van der Waals surface area contributed by atoms with Gasteiger partial charge in [0, 0.05) is 37.7 Å². The Labute approximate surface area is 131 Å². The van der Waals surface area contributed by atoms with E-state index < -0.39 is 27.2 Å². The number of carbonyl (C=O) groups excluding carboxylic acids is 1. The van der Waals surface area contributed by atoms with Gasteiger partial charge in [0.15, 0.2) is 0 Å². The van der Waals surface area contributed by atoms with Gasteiger partial charge in [0.2, 0.25) is 10.0 Å². The van der Waals surface area contributed by atoms with Crippen LogP contribution in [0.25, 0.3) is 0 Å². The Morgan fingerprint density at radius 3 is 2.71 bits per heavy atom. The molecule has 0 bridgehead atoms. The smallest absolute Gasteiger partial charge is 0.310 e. The van der Waals surface area contributed by atoms with Crippen LogP contribution in [-0.4, -0.2) is 69.3 Å². The van der Waals surface area contributed by atoms with Gasteiger partial charge in [-0.05, 0) is 12.8 Å². The molecule has 2 aliphatic rings. The molecule has 0 spiro atoms. The van der Waals surface area contributed by atoms with Gasteiger partial charge < -0.3 is 9.64 Å². The lowest BCUT2D eigenvalue weighted by Gasteiger charge is -2.26. The van der Waals surface area contributed by atoms with Gasteiger partial charge in [-0.25, -0.2) is 13.1 Å². The molecule has 1 aliphatic heterocycles. The van der Waals surface area contributed by atoms with Crippen molar-refractivity contribution in [3.8, 4) is 0 Å². The fourth-order valence-corrected chi connectivity index (χ4v) is 5.72. The largest absolute Gasteiger partial charge is 0.469 e. The van der Waals surface area contributed by atoms with E-state index in [-0.39, 0.29) is 0 Å². The number of nitrogens with one attached hydrogen (secondary N) is 1. The second-order valence-corrected chi connectivity index (χ2v) is 8.70. The van der Waals surface area contributed by atoms with Crippen LogP contribution in [0.15, 0.2) is 0 Å². The summed E-state index contributed by atoms with van der Waals surface area (Å²) in [6.45, 7) is 3.17. The molecule has 122 valence electrons. The molecule has 6 nitrogen and oxygen atoms in total. The molecule has 2 rings (SSSR count). The molecule has 2 unspecified atom stereocenters. The molecule has 2 atom stereocenters. The summed E-state index contributed by atoms with van der Waals surface area (Å²) in [5.41, 5.74) is 0. The first-order valence-electron chi connectivity index (χ1n) is 7.41. The van der Waals surface area contributed by atoms with Crippen LogP contribution in [0.1, 0.15) is 19.3 Å². The molecule has 0 amide bonds. The topological polar surface area (TPSA) is 75.7 Å². The normalized spacial score (nSPS) is 27.7. The molecule has 8 heteroatoms. The van der Waals surface area contributed by atoms with Gasteiger partial charge in [0.25, 0.3) is 0 Å². The fraction of sp³-hybridized carbons (Fsp3) is 0.923. The van der Waals surface area contributed by atoms with Crippen molar-refractivity contribution < 1.29 is 17.9 Å². The molecule has 1 N–H and O–H groups in total. The first-order chi connectivity index (χ1) is 10.0. The van der Waals surface area contributed by atoms with Crippen LogP contribution in [0, 0.1) is 5.92 Å². The van der Waals surface area contributed by atoms with Gasteiger partial charge in [0.1, 0.15) is 0 Å². The number of esters is 1. The number of sulfonamides is 1. The molecule has 0 aromatic heterocycles. The summed E-state index contributed by atoms with van der Waals surface area (Å²) in [6, 6.07) is 0. The van der Waals surface area contributed by atoms with Crippen molar-refractivity contribution in [3.05, 3.63) is 0 Å². The number of thioether (sulfide) groups is 1. The number of methoxy groups -OCH3 is 1. The minimum absolute atomic E-state index is 0.407. The SMILES string of the molecule is COC(=O)C1CCCC1S(=O)(=O)NCCN1CCSCC1. The monoisotopic (exact) mass is 336 g/mol. The maximum Gasteiger partial charge on any atom is 0.310 e. The Morgan fingerprint density at radius 1 is 1.33 bits per heavy atom. The number of hydrogen-bond acceptors (Lipinski definition) is 6. The number of nitrogens with zero attached hydrogens (tertiary/aromatic N) is 1. The molecule has 1 saturated heterocycles. The molecule has 1 aliphatic carbocycles. The zero-order valence-corrected chi connectivity index (χ0v) is 14.0. The molecule has 0 aromatic rings. The van der Waals surface area contributed by atoms with Crippen LogP contribution < -0.4 is 4.72 Å². The first-order valence-corrected chi connectivity index (χ1v) is 10.1. The van der Waals surface area contributed by atoms with E-state index in [0.717, 1.165) is 37.6 Å². The van der Waals surface area contributed by atoms with Gasteiger partial charge in [-0.2, -0.15) is 11.8 Å². The van der Waals surface area contributed by atoms with E-state index in [4.69, 9.17) is 4.74 Å². The molecular weight excluding hydrogens is 312 g/mol. The fourth-order valence-electron chi connectivity index (χ4n) is 3.00. The number of ether oxygens (including phenoxy) is 1. The number of hydrogen-bond donors (Lipinski definition) is 1. The maximum absolute atomic E-state index is 12.4. The van der Waals surface area contributed by atoms with Crippen LogP contribution >= 0.6 is 11.8 Å². The molecule has 21 heavy (non-hydrogen) atoms. The van der Waals surface area contributed by atoms with E-state index in [1.54, 1.807) is 0 Å². The van der Waals surface area contributed by atoms with E-state index in [9.17, 15) is 13.2 Å². The zero-order valence-electron chi connectivity index (χ0n) is 12.4. The Bertz CT molecular complexity index is 449. The molecule has 1 saturated carbocycles. The molecule has 2 fully saturated rings.